The molecule has 1 aromatic heterocycles. The predicted octanol–water partition coefficient (Wildman–Crippen LogP) is 0.939. The summed E-state index contributed by atoms with van der Waals surface area (Å²) >= 11 is 0. The molecule has 1 saturated heterocycles. The van der Waals surface area contributed by atoms with Gasteiger partial charge in [-0.25, -0.2) is 4.98 Å². The summed E-state index contributed by atoms with van der Waals surface area (Å²) in [5.74, 6) is 0.480. The standard InChI is InChI=1S/C21H22N4/c1-2-6-17-10-21(9-16(17)5-1)14-25(13-19-12-22-15-23-19)20-8-4-3-7-18(20)11-24-21/h1-10,12,15,18,20,24H,11,13-14H2,(H,22,23). The quantitative estimate of drug-likeness (QED) is 0.861. The number of aromatic nitrogens is 2. The number of nitrogens with zero attached hydrogens (tertiary/aromatic N) is 2. The Balaban J connectivity index is 1.54. The number of hydrogen-bond donors (Lipinski definition) is 2. The maximum absolute atomic E-state index is 4.45. The number of H-pyrrole nitrogens is 1. The van der Waals surface area contributed by atoms with E-state index in [1.807, 2.05) is 6.20 Å². The molecular formula is C21H22N4. The van der Waals surface area contributed by atoms with E-state index in [1.54, 1.807) is 6.33 Å². The molecule has 1 aromatic carbocycles. The van der Waals surface area contributed by atoms with E-state index in [-0.39, 0.29) is 5.54 Å². The Hall–Kier alpha value is -2.43. The Morgan fingerprint density at radius 2 is 1.92 bits per heavy atom. The number of rotatable bonds is 2. The monoisotopic (exact) mass is 330 g/mol. The highest BCUT2D eigenvalue weighted by Gasteiger charge is 2.38. The molecule has 5 rings (SSSR count). The number of imidazole rings is 1. The highest BCUT2D eigenvalue weighted by atomic mass is 15.2. The summed E-state index contributed by atoms with van der Waals surface area (Å²) in [5.41, 5.74) is 0.980. The van der Waals surface area contributed by atoms with Gasteiger partial charge in [0.25, 0.3) is 0 Å². The molecule has 126 valence electrons. The van der Waals surface area contributed by atoms with Crippen molar-refractivity contribution in [3.8, 4) is 0 Å². The Labute approximate surface area is 147 Å². The molecule has 0 saturated carbocycles. The Morgan fingerprint density at radius 3 is 2.68 bits per heavy atom. The van der Waals surface area contributed by atoms with Gasteiger partial charge in [0, 0.05) is 37.8 Å². The zero-order chi connectivity index (χ0) is 16.7. The van der Waals surface area contributed by atoms with Crippen LogP contribution in [0.5, 0.6) is 0 Å². The third-order valence-corrected chi connectivity index (χ3v) is 5.51. The molecule has 4 heteroatoms. The van der Waals surface area contributed by atoms with Crippen molar-refractivity contribution >= 4 is 12.2 Å². The van der Waals surface area contributed by atoms with E-state index < -0.39 is 0 Å². The highest BCUT2D eigenvalue weighted by molar-refractivity contribution is 5.63. The summed E-state index contributed by atoms with van der Waals surface area (Å²) in [6, 6.07) is 9.05. The minimum Gasteiger partial charge on any atom is -0.351 e. The third-order valence-electron chi connectivity index (χ3n) is 5.51. The van der Waals surface area contributed by atoms with E-state index in [4.69, 9.17) is 0 Å². The van der Waals surface area contributed by atoms with Crippen molar-refractivity contribution in [1.29, 1.82) is 0 Å². The molecule has 2 aliphatic carbocycles. The third kappa shape index (κ3) is 2.68. The van der Waals surface area contributed by atoms with Crippen molar-refractivity contribution in [2.24, 2.45) is 5.92 Å². The van der Waals surface area contributed by atoms with Crippen LogP contribution in [0.3, 0.4) is 0 Å². The van der Waals surface area contributed by atoms with Crippen molar-refractivity contribution < 1.29 is 0 Å². The molecule has 2 unspecified atom stereocenters. The van der Waals surface area contributed by atoms with Crippen molar-refractivity contribution in [2.45, 2.75) is 18.1 Å². The first-order valence-corrected chi connectivity index (χ1v) is 8.94. The number of nitrogens with one attached hydrogen (secondary N) is 2. The smallest absolute Gasteiger partial charge is 0.0923 e. The summed E-state index contributed by atoms with van der Waals surface area (Å²) in [4.78, 5) is 10.1. The lowest BCUT2D eigenvalue weighted by molar-refractivity contribution is 0.193. The second-order valence-electron chi connectivity index (χ2n) is 7.23. The van der Waals surface area contributed by atoms with Crippen LogP contribution in [0.2, 0.25) is 0 Å². The molecule has 1 fully saturated rings. The van der Waals surface area contributed by atoms with E-state index in [0.717, 1.165) is 25.3 Å². The first kappa shape index (κ1) is 14.9. The van der Waals surface area contributed by atoms with Crippen molar-refractivity contribution in [3.63, 3.8) is 0 Å². The van der Waals surface area contributed by atoms with Crippen LogP contribution in [0.1, 0.15) is 5.69 Å². The van der Waals surface area contributed by atoms with Gasteiger partial charge in [-0.15, -0.1) is 0 Å². The zero-order valence-corrected chi connectivity index (χ0v) is 14.1. The van der Waals surface area contributed by atoms with Gasteiger partial charge >= 0.3 is 0 Å². The van der Waals surface area contributed by atoms with Gasteiger partial charge in [0.15, 0.2) is 0 Å². The van der Waals surface area contributed by atoms with Gasteiger partial charge in [-0.1, -0.05) is 60.7 Å². The Kier molecular flexibility index (Phi) is 3.47. The van der Waals surface area contributed by atoms with Crippen LogP contribution < -0.4 is 15.8 Å². The summed E-state index contributed by atoms with van der Waals surface area (Å²) in [6.45, 7) is 2.77. The maximum atomic E-state index is 4.45. The van der Waals surface area contributed by atoms with Gasteiger partial charge in [-0.3, -0.25) is 4.90 Å². The average Bonchev–Trinajstić information content (AvgIpc) is 3.23. The molecule has 0 radical (unpaired) electrons. The first-order valence-electron chi connectivity index (χ1n) is 8.94. The summed E-state index contributed by atoms with van der Waals surface area (Å²) in [7, 11) is 0. The molecule has 4 nitrogen and oxygen atoms in total. The SMILES string of the molecule is C1=CC2CNC3(C=c4ccccc4=C3)CN(Cc3c[nH]cn3)C2C=C1. The van der Waals surface area contributed by atoms with Gasteiger partial charge < -0.3 is 10.3 Å². The van der Waals surface area contributed by atoms with E-state index in [2.05, 4.69) is 80.9 Å². The summed E-state index contributed by atoms with van der Waals surface area (Å²) < 4.78 is 0. The lowest BCUT2D eigenvalue weighted by Crippen LogP contribution is -2.48. The van der Waals surface area contributed by atoms with Crippen molar-refractivity contribution in [1.82, 2.24) is 20.2 Å². The molecule has 25 heavy (non-hydrogen) atoms. The predicted molar refractivity (Wildman–Crippen MR) is 99.9 cm³/mol. The van der Waals surface area contributed by atoms with Gasteiger partial charge in [-0.05, 0) is 10.4 Å². The van der Waals surface area contributed by atoms with Crippen LogP contribution in [0.4, 0.5) is 0 Å². The van der Waals surface area contributed by atoms with Crippen LogP contribution in [-0.2, 0) is 6.54 Å². The fourth-order valence-electron chi connectivity index (χ4n) is 4.34. The van der Waals surface area contributed by atoms with E-state index in [0.29, 0.717) is 12.0 Å². The second-order valence-corrected chi connectivity index (χ2v) is 7.23. The lowest BCUT2D eigenvalue weighted by Gasteiger charge is -2.34. The fourth-order valence-corrected chi connectivity index (χ4v) is 4.34. The molecule has 2 N–H and O–H groups in total. The van der Waals surface area contributed by atoms with Gasteiger partial charge in [0.05, 0.1) is 17.6 Å². The van der Waals surface area contributed by atoms with E-state index >= 15 is 0 Å². The molecule has 0 amide bonds. The topological polar surface area (TPSA) is 44.0 Å². The zero-order valence-electron chi connectivity index (χ0n) is 14.1. The molecule has 2 heterocycles. The van der Waals surface area contributed by atoms with Crippen LogP contribution >= 0.6 is 0 Å². The van der Waals surface area contributed by atoms with Crippen LogP contribution in [0, 0.1) is 5.92 Å². The normalized spacial score (nSPS) is 26.6. The molecule has 2 aromatic rings. The first-order chi connectivity index (χ1) is 12.3. The minimum atomic E-state index is -0.112. The van der Waals surface area contributed by atoms with Gasteiger partial charge in [0.1, 0.15) is 0 Å². The molecule has 1 aliphatic heterocycles. The number of hydrogen-bond acceptors (Lipinski definition) is 3. The number of benzene rings is 1. The van der Waals surface area contributed by atoms with Crippen LogP contribution in [0.25, 0.3) is 12.2 Å². The number of fused-ring (bicyclic) bond motifs is 2. The lowest BCUT2D eigenvalue weighted by atomic mass is 9.94. The largest absolute Gasteiger partial charge is 0.351 e. The number of allylic oxidation sites excluding steroid dienone is 2. The molecule has 1 spiro atoms. The summed E-state index contributed by atoms with van der Waals surface area (Å²) in [6.07, 6.45) is 17.6. The molecule has 0 bridgehead atoms. The number of aromatic amines is 1. The Morgan fingerprint density at radius 1 is 1.12 bits per heavy atom. The Bertz CT molecular complexity index is 904. The molecule has 3 aliphatic rings. The van der Waals surface area contributed by atoms with Gasteiger partial charge in [0.2, 0.25) is 0 Å². The fraction of sp³-hybridized carbons (Fsp3) is 0.286. The summed E-state index contributed by atoms with van der Waals surface area (Å²) in [5, 5.41) is 6.50. The van der Waals surface area contributed by atoms with Crippen molar-refractivity contribution in [2.75, 3.05) is 13.1 Å². The highest BCUT2D eigenvalue weighted by Crippen LogP contribution is 2.28. The maximum Gasteiger partial charge on any atom is 0.0923 e. The molecule has 2 atom stereocenters. The second kappa shape index (κ2) is 5.83. The van der Waals surface area contributed by atoms with E-state index in [9.17, 15) is 0 Å². The van der Waals surface area contributed by atoms with Gasteiger partial charge in [-0.2, -0.15) is 0 Å². The average molecular weight is 330 g/mol. The van der Waals surface area contributed by atoms with E-state index in [1.165, 1.54) is 10.4 Å². The van der Waals surface area contributed by atoms with Crippen LogP contribution in [0.15, 0.2) is 61.1 Å². The van der Waals surface area contributed by atoms with Crippen molar-refractivity contribution in [3.05, 3.63) is 77.2 Å². The van der Waals surface area contributed by atoms with Crippen LogP contribution in [-0.4, -0.2) is 39.5 Å². The molecular weight excluding hydrogens is 308 g/mol. The minimum absolute atomic E-state index is 0.112.